The van der Waals surface area contributed by atoms with Crippen molar-refractivity contribution in [3.63, 3.8) is 0 Å². The molecule has 6 heteroatoms. The number of ether oxygens (including phenoxy) is 3. The molecule has 0 unspecified atom stereocenters. The van der Waals surface area contributed by atoms with E-state index in [0.717, 1.165) is 23.5 Å². The number of nitrogens with zero attached hydrogens (tertiary/aromatic N) is 2. The summed E-state index contributed by atoms with van der Waals surface area (Å²) in [5.41, 5.74) is 1.09. The third kappa shape index (κ3) is 4.25. The maximum Gasteiger partial charge on any atom is 0.234 e. The molecule has 1 aromatic heterocycles. The lowest BCUT2D eigenvalue weighted by molar-refractivity contribution is 0.232. The number of nitrogens with one attached hydrogen (secondary N) is 1. The number of rotatable bonds is 5. The first-order valence-corrected chi connectivity index (χ1v) is 7.82. The van der Waals surface area contributed by atoms with Crippen LogP contribution in [0.25, 0.3) is 0 Å². The molecule has 0 saturated carbocycles. The Kier molecular flexibility index (Phi) is 4.80. The number of hydrogen-bond acceptors (Lipinski definition) is 6. The van der Waals surface area contributed by atoms with Crippen molar-refractivity contribution in [3.05, 3.63) is 36.2 Å². The van der Waals surface area contributed by atoms with Gasteiger partial charge in [-0.05, 0) is 31.5 Å². The average Bonchev–Trinajstić information content (AvgIpc) is 2.77. The van der Waals surface area contributed by atoms with Gasteiger partial charge in [0.2, 0.25) is 5.88 Å². The van der Waals surface area contributed by atoms with Crippen molar-refractivity contribution in [2.24, 2.45) is 0 Å². The molecule has 0 fully saturated rings. The standard InChI is InChI=1S/C17H21N3O3/c1-12(2)23-17-11-18-10-16(20-17)19-9-13-4-5-14-15(8-13)22-7-3-6-21-14/h4-5,8,10-12H,3,6-7,9H2,1-2H3,(H,19,20). The van der Waals surface area contributed by atoms with Gasteiger partial charge in [-0.3, -0.25) is 4.98 Å². The van der Waals surface area contributed by atoms with E-state index >= 15 is 0 Å². The second-order valence-electron chi connectivity index (χ2n) is 5.59. The van der Waals surface area contributed by atoms with Crippen LogP contribution in [-0.2, 0) is 6.54 Å². The quantitative estimate of drug-likeness (QED) is 0.915. The Morgan fingerprint density at radius 3 is 2.83 bits per heavy atom. The molecular weight excluding hydrogens is 294 g/mol. The van der Waals surface area contributed by atoms with Gasteiger partial charge in [-0.25, -0.2) is 0 Å². The molecule has 0 radical (unpaired) electrons. The van der Waals surface area contributed by atoms with Gasteiger partial charge in [-0.2, -0.15) is 4.98 Å². The van der Waals surface area contributed by atoms with Crippen molar-refractivity contribution >= 4 is 5.82 Å². The van der Waals surface area contributed by atoms with Crippen molar-refractivity contribution in [1.82, 2.24) is 9.97 Å². The smallest absolute Gasteiger partial charge is 0.234 e. The highest BCUT2D eigenvalue weighted by atomic mass is 16.5. The molecule has 0 atom stereocenters. The topological polar surface area (TPSA) is 65.5 Å². The number of anilines is 1. The van der Waals surface area contributed by atoms with Crippen LogP contribution in [0.4, 0.5) is 5.82 Å². The number of aromatic nitrogens is 2. The van der Waals surface area contributed by atoms with Crippen LogP contribution in [0, 0.1) is 0 Å². The second-order valence-corrected chi connectivity index (χ2v) is 5.59. The summed E-state index contributed by atoms with van der Waals surface area (Å²) < 4.78 is 16.9. The summed E-state index contributed by atoms with van der Waals surface area (Å²) in [6.45, 7) is 5.92. The lowest BCUT2D eigenvalue weighted by atomic mass is 10.2. The Morgan fingerprint density at radius 1 is 1.17 bits per heavy atom. The van der Waals surface area contributed by atoms with Crippen LogP contribution < -0.4 is 19.5 Å². The van der Waals surface area contributed by atoms with E-state index < -0.39 is 0 Å². The maximum atomic E-state index is 5.70. The Bertz CT molecular complexity index is 661. The summed E-state index contributed by atoms with van der Waals surface area (Å²) in [7, 11) is 0. The third-order valence-electron chi connectivity index (χ3n) is 3.25. The fraction of sp³-hybridized carbons (Fsp3) is 0.412. The van der Waals surface area contributed by atoms with Crippen molar-refractivity contribution in [2.45, 2.75) is 32.9 Å². The highest BCUT2D eigenvalue weighted by Crippen LogP contribution is 2.30. The maximum absolute atomic E-state index is 5.70. The molecule has 23 heavy (non-hydrogen) atoms. The van der Waals surface area contributed by atoms with E-state index in [1.807, 2.05) is 32.0 Å². The van der Waals surface area contributed by atoms with Gasteiger partial charge in [0, 0.05) is 13.0 Å². The number of benzene rings is 1. The van der Waals surface area contributed by atoms with Gasteiger partial charge < -0.3 is 19.5 Å². The summed E-state index contributed by atoms with van der Waals surface area (Å²) in [6.07, 6.45) is 4.26. The molecule has 3 rings (SSSR count). The van der Waals surface area contributed by atoms with E-state index in [4.69, 9.17) is 14.2 Å². The zero-order chi connectivity index (χ0) is 16.1. The minimum Gasteiger partial charge on any atom is -0.490 e. The number of fused-ring (bicyclic) bond motifs is 1. The molecule has 0 saturated heterocycles. The van der Waals surface area contributed by atoms with Gasteiger partial charge in [0.15, 0.2) is 11.5 Å². The molecule has 0 amide bonds. The van der Waals surface area contributed by atoms with Gasteiger partial charge in [0.25, 0.3) is 0 Å². The number of hydrogen-bond donors (Lipinski definition) is 1. The molecular formula is C17H21N3O3. The average molecular weight is 315 g/mol. The van der Waals surface area contributed by atoms with E-state index in [1.165, 1.54) is 0 Å². The van der Waals surface area contributed by atoms with Crippen LogP contribution in [0.1, 0.15) is 25.8 Å². The second kappa shape index (κ2) is 7.17. The summed E-state index contributed by atoms with van der Waals surface area (Å²) >= 11 is 0. The van der Waals surface area contributed by atoms with Gasteiger partial charge >= 0.3 is 0 Å². The van der Waals surface area contributed by atoms with E-state index in [9.17, 15) is 0 Å². The van der Waals surface area contributed by atoms with E-state index in [-0.39, 0.29) is 6.10 Å². The first kappa shape index (κ1) is 15.4. The first-order valence-electron chi connectivity index (χ1n) is 7.82. The molecule has 1 aliphatic heterocycles. The molecule has 2 heterocycles. The third-order valence-corrected chi connectivity index (χ3v) is 3.25. The van der Waals surface area contributed by atoms with E-state index in [2.05, 4.69) is 15.3 Å². The SMILES string of the molecule is CC(C)Oc1cncc(NCc2ccc3c(c2)OCCCO3)n1. The van der Waals surface area contributed by atoms with Crippen LogP contribution in [0.2, 0.25) is 0 Å². The Hall–Kier alpha value is -2.50. The minimum absolute atomic E-state index is 0.0706. The summed E-state index contributed by atoms with van der Waals surface area (Å²) in [5.74, 6) is 2.79. The van der Waals surface area contributed by atoms with Crippen molar-refractivity contribution < 1.29 is 14.2 Å². The zero-order valence-corrected chi connectivity index (χ0v) is 13.4. The summed E-state index contributed by atoms with van der Waals surface area (Å²) in [5, 5.41) is 3.25. The van der Waals surface area contributed by atoms with Crippen LogP contribution in [-0.4, -0.2) is 29.3 Å². The van der Waals surface area contributed by atoms with Crippen molar-refractivity contribution in [1.29, 1.82) is 0 Å². The monoisotopic (exact) mass is 315 g/mol. The summed E-state index contributed by atoms with van der Waals surface area (Å²) in [4.78, 5) is 8.52. The highest BCUT2D eigenvalue weighted by molar-refractivity contribution is 5.44. The fourth-order valence-corrected chi connectivity index (χ4v) is 2.24. The van der Waals surface area contributed by atoms with E-state index in [0.29, 0.717) is 31.5 Å². The van der Waals surface area contributed by atoms with Gasteiger partial charge in [-0.15, -0.1) is 0 Å². The van der Waals surface area contributed by atoms with Crippen LogP contribution in [0.3, 0.4) is 0 Å². The van der Waals surface area contributed by atoms with Crippen molar-refractivity contribution in [2.75, 3.05) is 18.5 Å². The minimum atomic E-state index is 0.0706. The van der Waals surface area contributed by atoms with Gasteiger partial charge in [0.1, 0.15) is 5.82 Å². The molecule has 2 aromatic rings. The Balaban J connectivity index is 1.65. The predicted molar refractivity (Wildman–Crippen MR) is 87.2 cm³/mol. The van der Waals surface area contributed by atoms with E-state index in [1.54, 1.807) is 12.4 Å². The van der Waals surface area contributed by atoms with Crippen LogP contribution >= 0.6 is 0 Å². The largest absolute Gasteiger partial charge is 0.490 e. The molecule has 1 N–H and O–H groups in total. The van der Waals surface area contributed by atoms with Crippen LogP contribution in [0.15, 0.2) is 30.6 Å². The molecule has 1 aromatic carbocycles. The van der Waals surface area contributed by atoms with Crippen LogP contribution in [0.5, 0.6) is 17.4 Å². The van der Waals surface area contributed by atoms with Gasteiger partial charge in [-0.1, -0.05) is 6.07 Å². The van der Waals surface area contributed by atoms with Gasteiger partial charge in [0.05, 0.1) is 31.7 Å². The molecule has 1 aliphatic rings. The lowest BCUT2D eigenvalue weighted by Crippen LogP contribution is -2.09. The Morgan fingerprint density at radius 2 is 2.00 bits per heavy atom. The molecule has 0 bridgehead atoms. The first-order chi connectivity index (χ1) is 11.2. The Labute approximate surface area is 135 Å². The lowest BCUT2D eigenvalue weighted by Gasteiger charge is -2.12. The molecule has 0 spiro atoms. The van der Waals surface area contributed by atoms with Crippen molar-refractivity contribution in [3.8, 4) is 17.4 Å². The molecule has 0 aliphatic carbocycles. The molecule has 122 valence electrons. The fourth-order valence-electron chi connectivity index (χ4n) is 2.24. The zero-order valence-electron chi connectivity index (χ0n) is 13.4. The summed E-state index contributed by atoms with van der Waals surface area (Å²) in [6, 6.07) is 5.96. The molecule has 6 nitrogen and oxygen atoms in total. The normalized spacial score (nSPS) is 13.5. The highest BCUT2D eigenvalue weighted by Gasteiger charge is 2.10. The predicted octanol–water partition coefficient (Wildman–Crippen LogP) is 3.04.